The van der Waals surface area contributed by atoms with Crippen molar-refractivity contribution in [1.82, 2.24) is 15.0 Å². The van der Waals surface area contributed by atoms with Crippen molar-refractivity contribution in [3.8, 4) is 0 Å². The van der Waals surface area contributed by atoms with Crippen molar-refractivity contribution < 1.29 is 9.21 Å². The monoisotopic (exact) mass is 276 g/mol. The van der Waals surface area contributed by atoms with E-state index >= 15 is 0 Å². The van der Waals surface area contributed by atoms with Gasteiger partial charge in [0.2, 0.25) is 0 Å². The van der Waals surface area contributed by atoms with Gasteiger partial charge in [-0.3, -0.25) is 19.6 Å². The highest BCUT2D eigenvalue weighted by atomic mass is 16.4. The second kappa shape index (κ2) is 5.30. The summed E-state index contributed by atoms with van der Waals surface area (Å²) in [5.74, 6) is 5.84. The summed E-state index contributed by atoms with van der Waals surface area (Å²) in [4.78, 5) is 27.6. The van der Waals surface area contributed by atoms with E-state index in [2.05, 4.69) is 4.98 Å². The third kappa shape index (κ3) is 2.62. The van der Waals surface area contributed by atoms with E-state index in [0.717, 1.165) is 5.56 Å². The molecule has 0 fully saturated rings. The molecule has 2 aromatic rings. The van der Waals surface area contributed by atoms with Gasteiger partial charge in [0.25, 0.3) is 5.56 Å². The molecule has 2 aromatic heterocycles. The average molecular weight is 276 g/mol. The first-order chi connectivity index (χ1) is 9.42. The van der Waals surface area contributed by atoms with Crippen LogP contribution in [0.1, 0.15) is 33.4 Å². The van der Waals surface area contributed by atoms with E-state index in [9.17, 15) is 9.59 Å². The van der Waals surface area contributed by atoms with Gasteiger partial charge in [-0.1, -0.05) is 0 Å². The number of nitrogens with one attached hydrogen (secondary N) is 1. The zero-order valence-corrected chi connectivity index (χ0v) is 11.6. The van der Waals surface area contributed by atoms with Gasteiger partial charge in [0.1, 0.15) is 11.6 Å². The number of carbonyl (C=O) groups is 1. The molecule has 0 spiro atoms. The molecule has 2 rings (SSSR count). The number of aromatic nitrogens is 2. The normalized spacial score (nSPS) is 10.6. The summed E-state index contributed by atoms with van der Waals surface area (Å²) in [6.45, 7) is 5.55. The maximum absolute atomic E-state index is 12.0. The van der Waals surface area contributed by atoms with Crippen molar-refractivity contribution >= 4 is 5.91 Å². The van der Waals surface area contributed by atoms with Crippen LogP contribution in [0.25, 0.3) is 0 Å². The van der Waals surface area contributed by atoms with Crippen molar-refractivity contribution in [3.63, 3.8) is 0 Å². The lowest BCUT2D eigenvalue weighted by molar-refractivity contribution is 0.0924. The predicted molar refractivity (Wildman–Crippen MR) is 72.2 cm³/mol. The Morgan fingerprint density at radius 2 is 2.10 bits per heavy atom. The van der Waals surface area contributed by atoms with Crippen LogP contribution in [0.5, 0.6) is 0 Å². The smallest absolute Gasteiger partial charge is 0.300 e. The first-order valence-corrected chi connectivity index (χ1v) is 6.07. The minimum Gasteiger partial charge on any atom is -0.456 e. The summed E-state index contributed by atoms with van der Waals surface area (Å²) in [6.07, 6.45) is 0. The van der Waals surface area contributed by atoms with Crippen molar-refractivity contribution in [2.24, 2.45) is 5.84 Å². The number of nitrogen functional groups attached to an aromatic ring is 1. The lowest BCUT2D eigenvalue weighted by Crippen LogP contribution is -2.29. The van der Waals surface area contributed by atoms with Crippen molar-refractivity contribution in [2.45, 2.75) is 27.3 Å². The minimum atomic E-state index is -0.509. The van der Waals surface area contributed by atoms with E-state index in [-0.39, 0.29) is 11.3 Å². The number of hydrogen-bond acceptors (Lipinski definition) is 5. The maximum atomic E-state index is 12.0. The minimum absolute atomic E-state index is 0.116. The average Bonchev–Trinajstić information content (AvgIpc) is 2.74. The molecule has 20 heavy (non-hydrogen) atoms. The van der Waals surface area contributed by atoms with Gasteiger partial charge >= 0.3 is 5.91 Å². The third-order valence-electron chi connectivity index (χ3n) is 3.03. The first-order valence-electron chi connectivity index (χ1n) is 6.07. The summed E-state index contributed by atoms with van der Waals surface area (Å²) < 4.78 is 6.84. The summed E-state index contributed by atoms with van der Waals surface area (Å²) in [7, 11) is 0. The van der Waals surface area contributed by atoms with Crippen LogP contribution in [0.3, 0.4) is 0 Å². The van der Waals surface area contributed by atoms with Crippen molar-refractivity contribution in [2.75, 3.05) is 0 Å². The number of hydrazine groups is 1. The molecule has 0 radical (unpaired) electrons. The SMILES string of the molecule is Cc1cc(=O)n(Cc2cc(C(=O)NN)oc2C)c(C)n1. The van der Waals surface area contributed by atoms with Crippen molar-refractivity contribution in [3.05, 3.63) is 51.1 Å². The van der Waals surface area contributed by atoms with Gasteiger partial charge < -0.3 is 4.42 Å². The first kappa shape index (κ1) is 14.0. The third-order valence-corrected chi connectivity index (χ3v) is 3.03. The van der Waals surface area contributed by atoms with Crippen LogP contribution < -0.4 is 16.8 Å². The summed E-state index contributed by atoms with van der Waals surface area (Å²) in [6, 6.07) is 3.04. The lowest BCUT2D eigenvalue weighted by Gasteiger charge is -2.08. The van der Waals surface area contributed by atoms with Gasteiger partial charge in [-0.05, 0) is 26.8 Å². The van der Waals surface area contributed by atoms with Gasteiger partial charge in [-0.15, -0.1) is 0 Å². The number of nitrogens with zero attached hydrogens (tertiary/aromatic N) is 2. The summed E-state index contributed by atoms with van der Waals surface area (Å²) >= 11 is 0. The van der Waals surface area contributed by atoms with Gasteiger partial charge in [0, 0.05) is 17.3 Å². The predicted octanol–water partition coefficient (Wildman–Crippen LogP) is 0.413. The molecular weight excluding hydrogens is 260 g/mol. The standard InChI is InChI=1S/C13H16N4O3/c1-7-4-12(18)17(9(3)15-7)6-10-5-11(13(19)16-14)20-8(10)2/h4-5H,6,14H2,1-3H3,(H,16,19). The van der Waals surface area contributed by atoms with E-state index in [0.29, 0.717) is 23.8 Å². The summed E-state index contributed by atoms with van der Waals surface area (Å²) in [5, 5.41) is 0. The number of furan rings is 1. The van der Waals surface area contributed by atoms with E-state index in [4.69, 9.17) is 10.3 Å². The number of hydrogen-bond donors (Lipinski definition) is 2. The molecule has 0 aliphatic rings. The molecule has 0 bridgehead atoms. The fourth-order valence-electron chi connectivity index (χ4n) is 1.99. The molecule has 0 saturated carbocycles. The van der Waals surface area contributed by atoms with Gasteiger partial charge in [-0.25, -0.2) is 10.8 Å². The summed E-state index contributed by atoms with van der Waals surface area (Å²) in [5.41, 5.74) is 3.28. The fraction of sp³-hybridized carbons (Fsp3) is 0.308. The molecule has 0 aliphatic carbocycles. The Labute approximate surface area is 115 Å². The molecular formula is C13H16N4O3. The van der Waals surface area contributed by atoms with Crippen LogP contribution >= 0.6 is 0 Å². The molecule has 0 atom stereocenters. The highest BCUT2D eigenvalue weighted by Gasteiger charge is 2.15. The zero-order chi connectivity index (χ0) is 14.9. The van der Waals surface area contributed by atoms with Gasteiger partial charge in [0.05, 0.1) is 6.54 Å². The maximum Gasteiger partial charge on any atom is 0.300 e. The van der Waals surface area contributed by atoms with Crippen molar-refractivity contribution in [1.29, 1.82) is 0 Å². The second-order valence-electron chi connectivity index (χ2n) is 4.53. The molecule has 106 valence electrons. The molecule has 7 heteroatoms. The number of rotatable bonds is 3. The quantitative estimate of drug-likeness (QED) is 0.480. The van der Waals surface area contributed by atoms with E-state index in [1.54, 1.807) is 26.8 Å². The lowest BCUT2D eigenvalue weighted by atomic mass is 10.2. The molecule has 0 aromatic carbocycles. The van der Waals surface area contributed by atoms with E-state index < -0.39 is 5.91 Å². The number of nitrogens with two attached hydrogens (primary N) is 1. The molecule has 1 amide bonds. The Morgan fingerprint density at radius 3 is 2.70 bits per heavy atom. The van der Waals surface area contributed by atoms with Gasteiger partial charge in [-0.2, -0.15) is 0 Å². The molecule has 3 N–H and O–H groups in total. The van der Waals surface area contributed by atoms with Crippen LogP contribution in [0.2, 0.25) is 0 Å². The number of aryl methyl sites for hydroxylation is 3. The topological polar surface area (TPSA) is 103 Å². The fourth-order valence-corrected chi connectivity index (χ4v) is 1.99. The Kier molecular flexibility index (Phi) is 3.71. The van der Waals surface area contributed by atoms with E-state index in [1.165, 1.54) is 10.6 Å². The Hall–Kier alpha value is -2.41. The zero-order valence-electron chi connectivity index (χ0n) is 11.6. The molecule has 0 aliphatic heterocycles. The molecule has 0 unspecified atom stereocenters. The Bertz CT molecular complexity index is 715. The molecule has 0 saturated heterocycles. The van der Waals surface area contributed by atoms with Crippen LogP contribution in [0, 0.1) is 20.8 Å². The second-order valence-corrected chi connectivity index (χ2v) is 4.53. The molecule has 2 heterocycles. The van der Waals surface area contributed by atoms with Crippen LogP contribution in [0.4, 0.5) is 0 Å². The molecule has 7 nitrogen and oxygen atoms in total. The van der Waals surface area contributed by atoms with Crippen LogP contribution in [0.15, 0.2) is 21.3 Å². The Balaban J connectivity index is 2.38. The Morgan fingerprint density at radius 1 is 1.40 bits per heavy atom. The van der Waals surface area contributed by atoms with Crippen LogP contribution in [-0.4, -0.2) is 15.5 Å². The van der Waals surface area contributed by atoms with Crippen LogP contribution in [-0.2, 0) is 6.54 Å². The van der Waals surface area contributed by atoms with Gasteiger partial charge in [0.15, 0.2) is 5.76 Å². The highest BCUT2D eigenvalue weighted by molar-refractivity contribution is 5.91. The van der Waals surface area contributed by atoms with E-state index in [1.807, 2.05) is 5.43 Å². The largest absolute Gasteiger partial charge is 0.456 e. The number of carbonyl (C=O) groups excluding carboxylic acids is 1. The highest BCUT2D eigenvalue weighted by Crippen LogP contribution is 2.15. The number of amides is 1.